The van der Waals surface area contributed by atoms with Crippen molar-refractivity contribution in [2.24, 2.45) is 0 Å². The Hall–Kier alpha value is -3.60. The lowest BCUT2D eigenvalue weighted by Gasteiger charge is -2.16. The summed E-state index contributed by atoms with van der Waals surface area (Å²) >= 11 is 0. The van der Waals surface area contributed by atoms with Crippen molar-refractivity contribution in [2.45, 2.75) is 31.5 Å². The zero-order valence-electron chi connectivity index (χ0n) is 22.8. The van der Waals surface area contributed by atoms with Crippen LogP contribution >= 0.6 is 0 Å². The molecular formula is C26H35F3N3O10. The van der Waals surface area contributed by atoms with Crippen LogP contribution < -0.4 is 16.0 Å². The minimum Gasteiger partial charge on any atom is -0.480 e. The molecule has 0 aliphatic heterocycles. The summed E-state index contributed by atoms with van der Waals surface area (Å²) in [6.07, 6.45) is -4.29. The lowest BCUT2D eigenvalue weighted by atomic mass is 10.0. The Morgan fingerprint density at radius 1 is 0.833 bits per heavy atom. The smallest absolute Gasteiger partial charge is 0.416 e. The Morgan fingerprint density at radius 3 is 2.05 bits per heavy atom. The molecule has 0 aliphatic carbocycles. The van der Waals surface area contributed by atoms with E-state index in [2.05, 4.69) is 16.0 Å². The van der Waals surface area contributed by atoms with E-state index in [4.69, 9.17) is 18.9 Å². The van der Waals surface area contributed by atoms with E-state index in [1.165, 1.54) is 12.1 Å². The molecule has 1 aromatic rings. The van der Waals surface area contributed by atoms with Gasteiger partial charge in [0.15, 0.2) is 0 Å². The second-order valence-corrected chi connectivity index (χ2v) is 8.50. The summed E-state index contributed by atoms with van der Waals surface area (Å²) in [7, 11) is 0. The largest absolute Gasteiger partial charge is 0.480 e. The molecule has 1 aromatic carbocycles. The van der Waals surface area contributed by atoms with E-state index in [1.54, 1.807) is 6.29 Å². The summed E-state index contributed by atoms with van der Waals surface area (Å²) in [6.45, 7) is 1.25. The molecule has 1 atom stereocenters. The van der Waals surface area contributed by atoms with Crippen LogP contribution in [0.4, 0.5) is 13.2 Å². The maximum atomic E-state index is 13.1. The van der Waals surface area contributed by atoms with Crippen molar-refractivity contribution in [1.82, 2.24) is 16.0 Å². The molecule has 13 nitrogen and oxygen atoms in total. The van der Waals surface area contributed by atoms with Crippen LogP contribution in [0.5, 0.6) is 0 Å². The number of hydrogen-bond acceptors (Lipinski definition) is 9. The molecule has 1 rings (SSSR count). The molecule has 0 fully saturated rings. The number of hydrogen-bond donors (Lipinski definition) is 4. The average Bonchev–Trinajstić information content (AvgIpc) is 2.93. The van der Waals surface area contributed by atoms with Crippen molar-refractivity contribution in [3.05, 3.63) is 35.4 Å². The summed E-state index contributed by atoms with van der Waals surface area (Å²) in [5.74, 6) is -3.21. The highest BCUT2D eigenvalue weighted by molar-refractivity contribution is 5.85. The molecule has 42 heavy (non-hydrogen) atoms. The van der Waals surface area contributed by atoms with Gasteiger partial charge in [-0.25, -0.2) is 4.79 Å². The fraction of sp³-hybridized carbons (Fsp3) is 0.577. The Morgan fingerprint density at radius 2 is 1.43 bits per heavy atom. The van der Waals surface area contributed by atoms with E-state index >= 15 is 0 Å². The van der Waals surface area contributed by atoms with Crippen molar-refractivity contribution in [3.63, 3.8) is 0 Å². The molecule has 0 aromatic heterocycles. The van der Waals surface area contributed by atoms with Gasteiger partial charge in [-0.15, -0.1) is 0 Å². The first-order valence-electron chi connectivity index (χ1n) is 12.9. The highest BCUT2D eigenvalue weighted by Crippen LogP contribution is 2.32. The van der Waals surface area contributed by atoms with Crippen LogP contribution in [0.1, 0.15) is 24.0 Å². The lowest BCUT2D eigenvalue weighted by molar-refractivity contribution is -0.142. The molecular weight excluding hydrogens is 571 g/mol. The van der Waals surface area contributed by atoms with Gasteiger partial charge in [-0.2, -0.15) is 13.2 Å². The van der Waals surface area contributed by atoms with Gasteiger partial charge in [0.1, 0.15) is 19.3 Å². The molecule has 0 saturated carbocycles. The van der Waals surface area contributed by atoms with E-state index in [0.29, 0.717) is 0 Å². The van der Waals surface area contributed by atoms with E-state index in [-0.39, 0.29) is 90.3 Å². The van der Waals surface area contributed by atoms with Gasteiger partial charge < -0.3 is 40.0 Å². The van der Waals surface area contributed by atoms with Crippen molar-refractivity contribution in [2.75, 3.05) is 65.9 Å². The van der Waals surface area contributed by atoms with Crippen LogP contribution in [0.25, 0.3) is 0 Å². The van der Waals surface area contributed by atoms with Crippen LogP contribution in [-0.2, 0) is 55.5 Å². The summed E-state index contributed by atoms with van der Waals surface area (Å²) in [4.78, 5) is 57.2. The zero-order chi connectivity index (χ0) is 31.2. The van der Waals surface area contributed by atoms with Crippen LogP contribution in [0, 0.1) is 0 Å². The second-order valence-electron chi connectivity index (χ2n) is 8.50. The van der Waals surface area contributed by atoms with Gasteiger partial charge >= 0.3 is 12.1 Å². The predicted molar refractivity (Wildman–Crippen MR) is 139 cm³/mol. The fourth-order valence-electron chi connectivity index (χ4n) is 3.29. The fourth-order valence-corrected chi connectivity index (χ4v) is 3.29. The highest BCUT2D eigenvalue weighted by atomic mass is 19.4. The topological polar surface area (TPSA) is 179 Å². The molecule has 4 N–H and O–H groups in total. The van der Waals surface area contributed by atoms with Crippen molar-refractivity contribution >= 4 is 30.0 Å². The number of benzene rings is 1. The third kappa shape index (κ3) is 17.3. The molecule has 0 spiro atoms. The molecule has 1 radical (unpaired) electrons. The second kappa shape index (κ2) is 21.2. The van der Waals surface area contributed by atoms with Crippen molar-refractivity contribution < 1.29 is 61.2 Å². The van der Waals surface area contributed by atoms with Crippen LogP contribution in [0.15, 0.2) is 24.3 Å². The van der Waals surface area contributed by atoms with E-state index in [9.17, 15) is 42.3 Å². The van der Waals surface area contributed by atoms with Crippen LogP contribution in [0.3, 0.4) is 0 Å². The highest BCUT2D eigenvalue weighted by Gasteiger charge is 2.33. The normalized spacial score (nSPS) is 11.9. The first kappa shape index (κ1) is 36.4. The predicted octanol–water partition coefficient (Wildman–Crippen LogP) is 0.00600. The molecule has 235 valence electrons. The number of amides is 3. The maximum absolute atomic E-state index is 13.1. The van der Waals surface area contributed by atoms with Gasteiger partial charge in [-0.3, -0.25) is 19.2 Å². The Labute approximate surface area is 240 Å². The molecule has 0 heterocycles. The number of carboxylic acid groups (broad SMARTS) is 1. The maximum Gasteiger partial charge on any atom is 0.416 e. The third-order valence-corrected chi connectivity index (χ3v) is 5.24. The Balaban J connectivity index is 2.14. The van der Waals surface area contributed by atoms with E-state index in [1.807, 2.05) is 0 Å². The number of carboxylic acids is 1. The Kier molecular flexibility index (Phi) is 18.3. The molecule has 16 heteroatoms. The number of nitrogens with one attached hydrogen (secondary N) is 3. The van der Waals surface area contributed by atoms with Crippen LogP contribution in [0.2, 0.25) is 0 Å². The summed E-state index contributed by atoms with van der Waals surface area (Å²) in [6, 6.07) is 3.02. The van der Waals surface area contributed by atoms with E-state index < -0.39 is 42.0 Å². The number of aliphatic carboxylic acids is 1. The molecule has 3 amide bonds. The zero-order valence-corrected chi connectivity index (χ0v) is 22.8. The number of rotatable bonds is 23. The van der Waals surface area contributed by atoms with Gasteiger partial charge in [0.25, 0.3) is 0 Å². The monoisotopic (exact) mass is 606 g/mol. The standard InChI is InChI=1S/C26H35F3N3O10/c27-26(28,29)20-4-2-1-3-19(20)17-23(35)32-21(25(37)38)5-6-22(34)30-7-10-40-15-16-42-18-24(36)31-8-11-39-13-14-41-12-9-33/h1-4,21H,5-8,10-18H2,(H,30,34)(H,31,36)(H,32,35)(H,37,38)/t21-/m0/s1. The number of alkyl halides is 3. The van der Waals surface area contributed by atoms with Gasteiger partial charge in [-0.05, 0) is 18.1 Å². The summed E-state index contributed by atoms with van der Waals surface area (Å²) in [5.41, 5.74) is -1.28. The van der Waals surface area contributed by atoms with Gasteiger partial charge in [0.2, 0.25) is 24.0 Å². The number of ether oxygens (including phenoxy) is 4. The number of carbonyl (C=O) groups excluding carboxylic acids is 4. The SMILES string of the molecule is O=[C]COCCOCCNC(=O)COCCOCCNC(=O)CC[C@H](NC(=O)Cc1ccccc1C(F)(F)F)C(=O)O. The van der Waals surface area contributed by atoms with Crippen molar-refractivity contribution in [3.8, 4) is 0 Å². The molecule has 0 bridgehead atoms. The number of carbonyl (C=O) groups is 4. The summed E-state index contributed by atoms with van der Waals surface area (Å²) < 4.78 is 59.8. The van der Waals surface area contributed by atoms with Crippen molar-refractivity contribution in [1.29, 1.82) is 0 Å². The first-order chi connectivity index (χ1) is 20.0. The minimum absolute atomic E-state index is 0.107. The first-order valence-corrected chi connectivity index (χ1v) is 12.9. The van der Waals surface area contributed by atoms with Gasteiger partial charge in [0.05, 0.1) is 51.6 Å². The quantitative estimate of drug-likeness (QED) is 0.124. The minimum atomic E-state index is -4.67. The van der Waals surface area contributed by atoms with E-state index in [0.717, 1.165) is 12.1 Å². The molecule has 0 saturated heterocycles. The van der Waals surface area contributed by atoms with Crippen LogP contribution in [-0.4, -0.2) is 107 Å². The average molecular weight is 607 g/mol. The summed E-state index contributed by atoms with van der Waals surface area (Å²) in [5, 5.41) is 16.6. The molecule has 0 unspecified atom stereocenters. The van der Waals surface area contributed by atoms with Gasteiger partial charge in [-0.1, -0.05) is 18.2 Å². The number of halogens is 3. The third-order valence-electron chi connectivity index (χ3n) is 5.24. The Bertz CT molecular complexity index is 995. The lowest BCUT2D eigenvalue weighted by Crippen LogP contribution is -2.42. The van der Waals surface area contributed by atoms with Gasteiger partial charge in [0, 0.05) is 19.5 Å². The molecule has 0 aliphatic rings.